The van der Waals surface area contributed by atoms with Gasteiger partial charge in [0.15, 0.2) is 5.65 Å². The van der Waals surface area contributed by atoms with E-state index in [-0.39, 0.29) is 5.92 Å². The molecule has 0 fully saturated rings. The third-order valence-electron chi connectivity index (χ3n) is 4.35. The Kier molecular flexibility index (Phi) is 3.30. The molecule has 5 aromatic heterocycles. The third kappa shape index (κ3) is 2.39. The molecule has 0 saturated carbocycles. The molecule has 0 aliphatic carbocycles. The van der Waals surface area contributed by atoms with Crippen LogP contribution in [0.4, 0.5) is 0 Å². The van der Waals surface area contributed by atoms with Gasteiger partial charge in [-0.25, -0.2) is 9.97 Å². The number of aryl methyl sites for hydroxylation is 1. The van der Waals surface area contributed by atoms with Crippen LogP contribution in [0.25, 0.3) is 39.7 Å². The smallest absolute Gasteiger partial charge is 0.259 e. The second-order valence-electron chi connectivity index (χ2n) is 6.58. The van der Waals surface area contributed by atoms with Crippen LogP contribution in [0, 0.1) is 6.92 Å². The van der Waals surface area contributed by atoms with Crippen molar-refractivity contribution in [3.05, 3.63) is 42.2 Å². The zero-order valence-corrected chi connectivity index (χ0v) is 14.9. The molecule has 27 heavy (non-hydrogen) atoms. The number of nitrogens with zero attached hydrogens (tertiary/aromatic N) is 7. The molecule has 0 amide bonds. The lowest BCUT2D eigenvalue weighted by molar-refractivity contribution is 0.431. The molecule has 9 heteroatoms. The Labute approximate surface area is 153 Å². The first-order chi connectivity index (χ1) is 13.1. The highest BCUT2D eigenvalue weighted by Crippen LogP contribution is 2.34. The van der Waals surface area contributed by atoms with Gasteiger partial charge in [0, 0.05) is 18.1 Å². The standard InChI is InChI=1S/C18H15N7O2/c1-9(2)15-14-11(6-10(3)21-18(14)27-23-15)17-22-16(24-26-17)12-7-20-13-8-19-4-5-25(12)13/h4-9H,1-3H3. The number of pyridine rings is 1. The maximum absolute atomic E-state index is 5.58. The van der Waals surface area contributed by atoms with E-state index in [0.29, 0.717) is 23.1 Å². The minimum absolute atomic E-state index is 0.170. The van der Waals surface area contributed by atoms with Crippen LogP contribution < -0.4 is 0 Å². The highest BCUT2D eigenvalue weighted by Gasteiger charge is 2.22. The normalized spacial score (nSPS) is 11.9. The zero-order chi connectivity index (χ0) is 18.5. The second kappa shape index (κ2) is 5.70. The minimum atomic E-state index is 0.170. The Morgan fingerprint density at radius 2 is 1.96 bits per heavy atom. The van der Waals surface area contributed by atoms with Gasteiger partial charge in [-0.05, 0) is 18.9 Å². The van der Waals surface area contributed by atoms with E-state index >= 15 is 0 Å². The van der Waals surface area contributed by atoms with E-state index in [1.165, 1.54) is 0 Å². The molecule has 0 aliphatic rings. The third-order valence-corrected chi connectivity index (χ3v) is 4.35. The number of aromatic nitrogens is 7. The van der Waals surface area contributed by atoms with Crippen molar-refractivity contribution in [2.75, 3.05) is 0 Å². The van der Waals surface area contributed by atoms with Gasteiger partial charge in [-0.1, -0.05) is 24.2 Å². The summed E-state index contributed by atoms with van der Waals surface area (Å²) in [5.74, 6) is 0.992. The van der Waals surface area contributed by atoms with Gasteiger partial charge in [0.1, 0.15) is 5.69 Å². The summed E-state index contributed by atoms with van der Waals surface area (Å²) in [5, 5.41) is 9.11. The molecular weight excluding hydrogens is 346 g/mol. The van der Waals surface area contributed by atoms with Gasteiger partial charge in [-0.3, -0.25) is 9.38 Å². The molecule has 0 spiro atoms. The monoisotopic (exact) mass is 361 g/mol. The van der Waals surface area contributed by atoms with Gasteiger partial charge in [0.25, 0.3) is 11.6 Å². The molecule has 0 bridgehead atoms. The Morgan fingerprint density at radius 1 is 1.07 bits per heavy atom. The zero-order valence-electron chi connectivity index (χ0n) is 14.9. The lowest BCUT2D eigenvalue weighted by atomic mass is 10.0. The first-order valence-corrected chi connectivity index (χ1v) is 8.50. The Balaban J connectivity index is 1.70. The van der Waals surface area contributed by atoms with Crippen LogP contribution in [0.15, 0.2) is 39.9 Å². The van der Waals surface area contributed by atoms with Crippen LogP contribution in [-0.4, -0.2) is 34.6 Å². The predicted octanol–water partition coefficient (Wildman–Crippen LogP) is 3.41. The molecular formula is C18H15N7O2. The van der Waals surface area contributed by atoms with E-state index in [0.717, 1.165) is 28.0 Å². The Morgan fingerprint density at radius 3 is 2.81 bits per heavy atom. The average Bonchev–Trinajstić information content (AvgIpc) is 3.38. The highest BCUT2D eigenvalue weighted by atomic mass is 16.5. The highest BCUT2D eigenvalue weighted by molar-refractivity contribution is 5.92. The van der Waals surface area contributed by atoms with Gasteiger partial charge in [-0.15, -0.1) is 0 Å². The van der Waals surface area contributed by atoms with Crippen molar-refractivity contribution in [3.8, 4) is 23.0 Å². The first kappa shape index (κ1) is 15.6. The van der Waals surface area contributed by atoms with Crippen LogP contribution in [0.1, 0.15) is 31.2 Å². The molecule has 0 radical (unpaired) electrons. The fourth-order valence-corrected chi connectivity index (χ4v) is 3.10. The summed E-state index contributed by atoms with van der Waals surface area (Å²) in [4.78, 5) is 17.4. The SMILES string of the molecule is Cc1cc(-c2nc(-c3cnc4cnccn34)no2)c2c(C(C)C)noc2n1. The van der Waals surface area contributed by atoms with E-state index in [9.17, 15) is 0 Å². The molecule has 0 aromatic carbocycles. The van der Waals surface area contributed by atoms with Gasteiger partial charge in [-0.2, -0.15) is 4.98 Å². The molecule has 0 N–H and O–H groups in total. The summed E-state index contributed by atoms with van der Waals surface area (Å²) >= 11 is 0. The fourth-order valence-electron chi connectivity index (χ4n) is 3.10. The molecule has 5 aromatic rings. The van der Waals surface area contributed by atoms with Gasteiger partial charge in [0.05, 0.1) is 29.0 Å². The summed E-state index contributed by atoms with van der Waals surface area (Å²) in [5.41, 5.74) is 4.25. The number of imidazole rings is 1. The topological polar surface area (TPSA) is 108 Å². The van der Waals surface area contributed by atoms with Crippen molar-refractivity contribution in [1.29, 1.82) is 0 Å². The molecule has 5 heterocycles. The van der Waals surface area contributed by atoms with Crippen molar-refractivity contribution < 1.29 is 9.05 Å². The molecule has 0 atom stereocenters. The van der Waals surface area contributed by atoms with Crippen LogP contribution in [-0.2, 0) is 0 Å². The summed E-state index contributed by atoms with van der Waals surface area (Å²) in [6, 6.07) is 1.90. The van der Waals surface area contributed by atoms with Crippen LogP contribution in [0.5, 0.6) is 0 Å². The predicted molar refractivity (Wildman–Crippen MR) is 95.9 cm³/mol. The van der Waals surface area contributed by atoms with E-state index in [1.54, 1.807) is 24.8 Å². The van der Waals surface area contributed by atoms with Crippen molar-refractivity contribution in [2.45, 2.75) is 26.7 Å². The first-order valence-electron chi connectivity index (χ1n) is 8.50. The van der Waals surface area contributed by atoms with Gasteiger partial charge >= 0.3 is 0 Å². The Bertz CT molecular complexity index is 1280. The Hall–Kier alpha value is -3.62. The fraction of sp³-hybridized carbons (Fsp3) is 0.222. The molecule has 0 saturated heterocycles. The molecule has 0 unspecified atom stereocenters. The summed E-state index contributed by atoms with van der Waals surface area (Å²) in [7, 11) is 0. The lowest BCUT2D eigenvalue weighted by Crippen LogP contribution is -1.93. The maximum Gasteiger partial charge on any atom is 0.259 e. The van der Waals surface area contributed by atoms with Crippen molar-refractivity contribution in [1.82, 2.24) is 34.6 Å². The van der Waals surface area contributed by atoms with Crippen molar-refractivity contribution >= 4 is 16.7 Å². The number of hydrogen-bond donors (Lipinski definition) is 0. The van der Waals surface area contributed by atoms with Gasteiger partial charge < -0.3 is 9.05 Å². The summed E-state index contributed by atoms with van der Waals surface area (Å²) < 4.78 is 12.8. The number of fused-ring (bicyclic) bond motifs is 2. The van der Waals surface area contributed by atoms with Crippen LogP contribution >= 0.6 is 0 Å². The van der Waals surface area contributed by atoms with E-state index in [1.807, 2.05) is 31.2 Å². The molecule has 0 aliphatic heterocycles. The average molecular weight is 361 g/mol. The lowest BCUT2D eigenvalue weighted by Gasteiger charge is -2.03. The second-order valence-corrected chi connectivity index (χ2v) is 6.58. The summed E-state index contributed by atoms with van der Waals surface area (Å²) in [6.07, 6.45) is 6.85. The van der Waals surface area contributed by atoms with E-state index in [2.05, 4.69) is 30.2 Å². The minimum Gasteiger partial charge on any atom is -0.335 e. The number of hydrogen-bond acceptors (Lipinski definition) is 8. The van der Waals surface area contributed by atoms with Crippen molar-refractivity contribution in [3.63, 3.8) is 0 Å². The quantitative estimate of drug-likeness (QED) is 0.481. The molecule has 5 rings (SSSR count). The van der Waals surface area contributed by atoms with E-state index in [4.69, 9.17) is 9.05 Å². The largest absolute Gasteiger partial charge is 0.335 e. The number of rotatable bonds is 3. The van der Waals surface area contributed by atoms with Crippen molar-refractivity contribution in [2.24, 2.45) is 0 Å². The summed E-state index contributed by atoms with van der Waals surface area (Å²) in [6.45, 7) is 5.98. The molecule has 9 nitrogen and oxygen atoms in total. The van der Waals surface area contributed by atoms with Crippen LogP contribution in [0.2, 0.25) is 0 Å². The van der Waals surface area contributed by atoms with Gasteiger partial charge in [0.2, 0.25) is 5.82 Å². The molecule has 134 valence electrons. The van der Waals surface area contributed by atoms with E-state index < -0.39 is 0 Å². The van der Waals surface area contributed by atoms with Crippen LogP contribution in [0.3, 0.4) is 0 Å². The maximum atomic E-state index is 5.58.